The number of amides is 4. The van der Waals surface area contributed by atoms with Crippen LogP contribution in [-0.2, 0) is 43.2 Å². The standard InChI is InChI=1S/C48H65N9O6S/c1-9-56-39-17-16-31-22-34(39)35(43(56)33-14-12-18-49-41(33)30(4)62-8)24-48(5,6)28-63-46(60)36-15-13-21-57(52-36)45(59)37(23-40-50-38(31)27-64-40)51-44(58)42(29(2)3)53(7)47(61)55-25-32(26-55)54-19-10-11-20-54/h12,14,16-18,22,27,29-30,32,36-37,42,52H,9-11,13,15,19-21,23-26,28H2,1-8H3,(H,51,58)/t30-,36-,37-,42?/m0/s1. The second-order valence-corrected chi connectivity index (χ2v) is 20.1. The number of cyclic esters (lactones) is 1. The van der Waals surface area contributed by atoms with Crippen molar-refractivity contribution in [3.63, 3.8) is 0 Å². The first-order valence-electron chi connectivity index (χ1n) is 23.1. The molecule has 4 aliphatic heterocycles. The maximum atomic E-state index is 14.6. The number of likely N-dealkylation sites (N-methyl/N-ethyl adjacent to an activating group) is 1. The van der Waals surface area contributed by atoms with E-state index in [0.717, 1.165) is 57.8 Å². The number of aromatic nitrogens is 3. The summed E-state index contributed by atoms with van der Waals surface area (Å²) in [7, 11) is 3.37. The molecule has 0 spiro atoms. The number of aryl methyl sites for hydroxylation is 1. The normalized spacial score (nSPS) is 22.0. The van der Waals surface area contributed by atoms with Crippen molar-refractivity contribution in [3.05, 3.63) is 58.2 Å². The van der Waals surface area contributed by atoms with Gasteiger partial charge in [0.1, 0.15) is 18.1 Å². The summed E-state index contributed by atoms with van der Waals surface area (Å²) < 4.78 is 14.3. The second-order valence-electron chi connectivity index (χ2n) is 19.2. The number of pyridine rings is 1. The Morgan fingerprint density at radius 2 is 1.86 bits per heavy atom. The van der Waals surface area contributed by atoms with Crippen molar-refractivity contribution in [3.8, 4) is 22.5 Å². The Balaban J connectivity index is 1.14. The minimum Gasteiger partial charge on any atom is -0.464 e. The molecule has 7 heterocycles. The van der Waals surface area contributed by atoms with Gasteiger partial charge in [0.2, 0.25) is 5.91 Å². The van der Waals surface area contributed by atoms with Gasteiger partial charge in [0, 0.05) is 91.8 Å². The van der Waals surface area contributed by atoms with Crippen LogP contribution < -0.4 is 10.7 Å². The van der Waals surface area contributed by atoms with E-state index >= 15 is 0 Å². The monoisotopic (exact) mass is 895 g/mol. The fourth-order valence-electron chi connectivity index (χ4n) is 10.0. The van der Waals surface area contributed by atoms with Crippen molar-refractivity contribution in [1.82, 2.24) is 45.0 Å². The highest BCUT2D eigenvalue weighted by atomic mass is 32.1. The summed E-state index contributed by atoms with van der Waals surface area (Å²) >= 11 is 1.44. The number of hydrogen-bond donors (Lipinski definition) is 2. The Hall–Kier alpha value is -4.90. The fraction of sp³-hybridized carbons (Fsp3) is 0.583. The number of hydrogen-bond acceptors (Lipinski definition) is 11. The predicted octanol–water partition coefficient (Wildman–Crippen LogP) is 6.06. The Bertz CT molecular complexity index is 2370. The van der Waals surface area contributed by atoms with Crippen LogP contribution in [0.3, 0.4) is 0 Å². The van der Waals surface area contributed by atoms with Gasteiger partial charge in [-0.05, 0) is 94.8 Å². The van der Waals surface area contributed by atoms with E-state index in [1.807, 2.05) is 32.2 Å². The van der Waals surface area contributed by atoms with Gasteiger partial charge in [-0.2, -0.15) is 0 Å². The lowest BCUT2D eigenvalue weighted by atomic mass is 9.84. The molecule has 8 rings (SSSR count). The SMILES string of the molecule is CCn1c(-c2cccnc2[C@H](C)OC)c2c3cc(ccc31)-c1csc(n1)C[C@H](NC(=O)C(C(C)C)N(C)C(=O)N1CC(N3CCCC3)C1)C(=O)N1CCC[C@H](N1)C(=O)OCC(C)(C)C2. The lowest BCUT2D eigenvalue weighted by Gasteiger charge is -2.46. The number of esters is 1. The van der Waals surface area contributed by atoms with Crippen LogP contribution in [0.25, 0.3) is 33.4 Å². The number of ether oxygens (including phenoxy) is 2. The number of nitrogens with one attached hydrogen (secondary N) is 2. The summed E-state index contributed by atoms with van der Waals surface area (Å²) in [4.78, 5) is 72.4. The highest BCUT2D eigenvalue weighted by Crippen LogP contribution is 2.42. The van der Waals surface area contributed by atoms with E-state index in [2.05, 4.69) is 65.2 Å². The van der Waals surface area contributed by atoms with Crippen molar-refractivity contribution in [1.29, 1.82) is 0 Å². The smallest absolute Gasteiger partial charge is 0.324 e. The molecular weight excluding hydrogens is 831 g/mol. The molecule has 3 fully saturated rings. The van der Waals surface area contributed by atoms with Gasteiger partial charge in [-0.15, -0.1) is 11.3 Å². The van der Waals surface area contributed by atoms with Gasteiger partial charge in [-0.1, -0.05) is 33.8 Å². The van der Waals surface area contributed by atoms with Crippen LogP contribution in [0.2, 0.25) is 0 Å². The van der Waals surface area contributed by atoms with E-state index in [1.165, 1.54) is 34.1 Å². The van der Waals surface area contributed by atoms with E-state index in [4.69, 9.17) is 19.4 Å². The lowest BCUT2D eigenvalue weighted by molar-refractivity contribution is -0.155. The number of fused-ring (bicyclic) bond motifs is 6. The van der Waals surface area contributed by atoms with Gasteiger partial charge in [-0.3, -0.25) is 29.3 Å². The molecule has 0 saturated carbocycles. The fourth-order valence-corrected chi connectivity index (χ4v) is 10.9. The number of carbonyl (C=O) groups excluding carboxylic acids is 4. The van der Waals surface area contributed by atoms with E-state index in [1.54, 1.807) is 25.3 Å². The number of urea groups is 1. The maximum absolute atomic E-state index is 14.6. The van der Waals surface area contributed by atoms with E-state index in [0.29, 0.717) is 56.5 Å². The summed E-state index contributed by atoms with van der Waals surface area (Å²) in [5.41, 5.74) is 9.44. The van der Waals surface area contributed by atoms with Crippen LogP contribution in [-0.4, -0.2) is 136 Å². The molecule has 3 aromatic heterocycles. The Labute approximate surface area is 380 Å². The molecular formula is C48H65N9O6S. The summed E-state index contributed by atoms with van der Waals surface area (Å²) in [5.74, 6) is -1.47. The zero-order valence-electron chi connectivity index (χ0n) is 38.7. The number of carbonyl (C=O) groups is 4. The summed E-state index contributed by atoms with van der Waals surface area (Å²) in [6.07, 6.45) is 5.70. The summed E-state index contributed by atoms with van der Waals surface area (Å²) in [6, 6.07) is 8.03. The van der Waals surface area contributed by atoms with Crippen molar-refractivity contribution in [2.45, 2.75) is 117 Å². The zero-order valence-corrected chi connectivity index (χ0v) is 39.5. The molecule has 0 radical (unpaired) electrons. The first-order chi connectivity index (χ1) is 30.7. The van der Waals surface area contributed by atoms with E-state index in [9.17, 15) is 19.2 Å². The summed E-state index contributed by atoms with van der Waals surface area (Å²) in [6.45, 7) is 16.8. The first kappa shape index (κ1) is 45.7. The Morgan fingerprint density at radius 1 is 1.09 bits per heavy atom. The summed E-state index contributed by atoms with van der Waals surface area (Å²) in [5, 5.41) is 8.26. The number of benzene rings is 1. The number of likely N-dealkylation sites (tertiary alicyclic amines) is 2. The van der Waals surface area contributed by atoms with Gasteiger partial charge in [0.05, 0.1) is 34.8 Å². The Kier molecular flexibility index (Phi) is 13.5. The predicted molar refractivity (Wildman–Crippen MR) is 247 cm³/mol. The van der Waals surface area contributed by atoms with Crippen molar-refractivity contribution >= 4 is 46.1 Å². The Morgan fingerprint density at radius 3 is 2.58 bits per heavy atom. The quantitative estimate of drug-likeness (QED) is 0.190. The number of nitrogens with zero attached hydrogens (tertiary/aromatic N) is 7. The van der Waals surface area contributed by atoms with Gasteiger partial charge in [-0.25, -0.2) is 15.2 Å². The molecule has 6 bridgehead atoms. The van der Waals surface area contributed by atoms with Gasteiger partial charge in [0.25, 0.3) is 5.91 Å². The molecule has 4 amide bonds. The number of hydrazine groups is 1. The number of thiazole rings is 1. The minimum absolute atomic E-state index is 0.119. The van der Waals surface area contributed by atoms with E-state index in [-0.39, 0.29) is 37.0 Å². The van der Waals surface area contributed by atoms with Crippen molar-refractivity contribution in [2.24, 2.45) is 11.3 Å². The third-order valence-electron chi connectivity index (χ3n) is 13.6. The zero-order chi connectivity index (χ0) is 45.4. The third kappa shape index (κ3) is 9.16. The first-order valence-corrected chi connectivity index (χ1v) is 23.9. The van der Waals surface area contributed by atoms with Gasteiger partial charge < -0.3 is 29.2 Å². The molecule has 3 saturated heterocycles. The van der Waals surface area contributed by atoms with Crippen LogP contribution >= 0.6 is 11.3 Å². The largest absolute Gasteiger partial charge is 0.464 e. The molecule has 4 aliphatic rings. The average molecular weight is 896 g/mol. The third-order valence-corrected chi connectivity index (χ3v) is 14.4. The highest BCUT2D eigenvalue weighted by molar-refractivity contribution is 7.10. The van der Waals surface area contributed by atoms with Crippen LogP contribution in [0.15, 0.2) is 41.9 Å². The van der Waals surface area contributed by atoms with Gasteiger partial charge in [0.15, 0.2) is 0 Å². The molecule has 1 aromatic carbocycles. The molecule has 64 heavy (non-hydrogen) atoms. The van der Waals surface area contributed by atoms with Crippen molar-refractivity contribution in [2.75, 3.05) is 53.5 Å². The van der Waals surface area contributed by atoms with E-state index < -0.39 is 35.4 Å². The molecule has 4 atom stereocenters. The van der Waals surface area contributed by atoms with Crippen LogP contribution in [0.4, 0.5) is 4.79 Å². The van der Waals surface area contributed by atoms with Crippen molar-refractivity contribution < 1.29 is 28.7 Å². The number of rotatable bonds is 9. The molecule has 1 unspecified atom stereocenters. The van der Waals surface area contributed by atoms with Crippen LogP contribution in [0, 0.1) is 11.3 Å². The number of methoxy groups -OCH3 is 1. The van der Waals surface area contributed by atoms with Gasteiger partial charge >= 0.3 is 12.0 Å². The average Bonchev–Trinajstić information content (AvgIpc) is 4.04. The minimum atomic E-state index is -1.03. The molecule has 0 aliphatic carbocycles. The lowest BCUT2D eigenvalue weighted by Crippen LogP contribution is -2.65. The molecule has 2 N–H and O–H groups in total. The molecule has 4 aromatic rings. The molecule has 16 heteroatoms. The van der Waals surface area contributed by atoms with Crippen LogP contribution in [0.5, 0.6) is 0 Å². The van der Waals surface area contributed by atoms with Crippen LogP contribution in [0.1, 0.15) is 89.6 Å². The highest BCUT2D eigenvalue weighted by Gasteiger charge is 2.42. The maximum Gasteiger partial charge on any atom is 0.324 e. The molecule has 344 valence electrons. The second kappa shape index (κ2) is 18.9. The topological polar surface area (TPSA) is 154 Å². The molecule has 15 nitrogen and oxygen atoms in total.